The van der Waals surface area contributed by atoms with Crippen LogP contribution in [0.3, 0.4) is 0 Å². The molecule has 1 aliphatic carbocycles. The molecule has 0 aromatic carbocycles. The zero-order valence-electron chi connectivity index (χ0n) is 12.6. The van der Waals surface area contributed by atoms with Gasteiger partial charge in [-0.25, -0.2) is 9.97 Å². The van der Waals surface area contributed by atoms with Gasteiger partial charge in [0.1, 0.15) is 16.2 Å². The van der Waals surface area contributed by atoms with Gasteiger partial charge in [-0.2, -0.15) is 4.98 Å². The summed E-state index contributed by atoms with van der Waals surface area (Å²) in [5.74, 6) is 1.90. The average Bonchev–Trinajstić information content (AvgIpc) is 3.34. The highest BCUT2D eigenvalue weighted by atomic mass is 32.2. The Kier molecular flexibility index (Phi) is 3.61. The molecule has 5 rings (SSSR count). The summed E-state index contributed by atoms with van der Waals surface area (Å²) in [4.78, 5) is 17.0. The Labute approximate surface area is 150 Å². The Morgan fingerprint density at radius 3 is 3.17 bits per heavy atom. The van der Waals surface area contributed by atoms with Crippen molar-refractivity contribution in [2.75, 3.05) is 0 Å². The molecule has 4 heterocycles. The Bertz CT molecular complexity index is 1010. The van der Waals surface area contributed by atoms with Crippen LogP contribution in [0.1, 0.15) is 22.8 Å². The molecule has 0 saturated carbocycles. The molecule has 1 aliphatic rings. The van der Waals surface area contributed by atoms with E-state index in [1.165, 1.54) is 28.7 Å². The topological polar surface area (TPSA) is 64.7 Å². The number of fused-ring (bicyclic) bond motifs is 3. The van der Waals surface area contributed by atoms with Gasteiger partial charge in [0.15, 0.2) is 0 Å². The van der Waals surface area contributed by atoms with Crippen molar-refractivity contribution in [2.45, 2.75) is 30.0 Å². The van der Waals surface area contributed by atoms with Crippen molar-refractivity contribution in [2.24, 2.45) is 0 Å². The van der Waals surface area contributed by atoms with Gasteiger partial charge in [-0.05, 0) is 36.3 Å². The number of hydrogen-bond acceptors (Lipinski definition) is 8. The van der Waals surface area contributed by atoms with Crippen LogP contribution in [-0.2, 0) is 18.6 Å². The minimum atomic E-state index is 0.620. The second-order valence-corrected chi connectivity index (χ2v) is 8.49. The van der Waals surface area contributed by atoms with Gasteiger partial charge in [0.05, 0.1) is 10.6 Å². The average molecular weight is 373 g/mol. The molecule has 4 aromatic rings. The number of nitrogens with zero attached hydrogens (tertiary/aromatic N) is 4. The molecule has 0 aliphatic heterocycles. The van der Waals surface area contributed by atoms with Crippen LogP contribution in [0.2, 0.25) is 0 Å². The first-order valence-corrected chi connectivity index (χ1v) is 10.3. The Morgan fingerprint density at radius 2 is 2.25 bits per heavy atom. The molecule has 0 bridgehead atoms. The van der Waals surface area contributed by atoms with Gasteiger partial charge in [0.25, 0.3) is 0 Å². The van der Waals surface area contributed by atoms with E-state index in [1.54, 1.807) is 29.4 Å². The summed E-state index contributed by atoms with van der Waals surface area (Å²) >= 11 is 5.07. The molecule has 0 amide bonds. The minimum Gasteiger partial charge on any atom is -0.338 e. The van der Waals surface area contributed by atoms with Crippen LogP contribution >= 0.6 is 34.4 Å². The zero-order chi connectivity index (χ0) is 15.9. The second-order valence-electron chi connectivity index (χ2n) is 5.49. The largest absolute Gasteiger partial charge is 0.338 e. The van der Waals surface area contributed by atoms with Crippen molar-refractivity contribution in [3.8, 4) is 10.7 Å². The summed E-state index contributed by atoms with van der Waals surface area (Å²) in [5.41, 5.74) is 1.45. The third-order valence-electron chi connectivity index (χ3n) is 4.01. The number of hydrogen-bond donors (Lipinski definition) is 0. The lowest BCUT2D eigenvalue weighted by atomic mass is 10.2. The smallest absolute Gasteiger partial charge is 0.237 e. The third kappa shape index (κ3) is 2.45. The van der Waals surface area contributed by atoms with Gasteiger partial charge in [-0.1, -0.05) is 23.0 Å². The fourth-order valence-electron chi connectivity index (χ4n) is 2.96. The maximum absolute atomic E-state index is 5.38. The number of rotatable bonds is 4. The summed E-state index contributed by atoms with van der Waals surface area (Å²) in [6.45, 7) is 0. The molecule has 0 atom stereocenters. The molecule has 0 saturated heterocycles. The highest BCUT2D eigenvalue weighted by Crippen LogP contribution is 2.40. The highest BCUT2D eigenvalue weighted by Gasteiger charge is 2.21. The number of aromatic nitrogens is 4. The van der Waals surface area contributed by atoms with E-state index >= 15 is 0 Å². The fourth-order valence-corrected chi connectivity index (χ4v) is 5.76. The van der Waals surface area contributed by atoms with Gasteiger partial charge < -0.3 is 4.52 Å². The predicted molar refractivity (Wildman–Crippen MR) is 96.6 cm³/mol. The van der Waals surface area contributed by atoms with Crippen molar-refractivity contribution in [1.82, 2.24) is 20.1 Å². The molecular formula is C16H12N4OS3. The maximum atomic E-state index is 5.38. The van der Waals surface area contributed by atoms with Gasteiger partial charge in [-0.3, -0.25) is 0 Å². The molecule has 0 spiro atoms. The van der Waals surface area contributed by atoms with E-state index in [-0.39, 0.29) is 0 Å². The van der Waals surface area contributed by atoms with E-state index < -0.39 is 0 Å². The molecule has 24 heavy (non-hydrogen) atoms. The zero-order valence-corrected chi connectivity index (χ0v) is 15.0. The van der Waals surface area contributed by atoms with E-state index in [1.807, 2.05) is 28.8 Å². The van der Waals surface area contributed by atoms with Crippen LogP contribution in [0.15, 0.2) is 33.4 Å². The lowest BCUT2D eigenvalue weighted by Crippen LogP contribution is -1.88. The van der Waals surface area contributed by atoms with Crippen LogP contribution in [0.5, 0.6) is 0 Å². The molecule has 120 valence electrons. The molecule has 0 N–H and O–H groups in total. The summed E-state index contributed by atoms with van der Waals surface area (Å²) in [5, 5.41) is 8.33. The van der Waals surface area contributed by atoms with E-state index in [9.17, 15) is 0 Å². The van der Waals surface area contributed by atoms with Crippen molar-refractivity contribution in [3.63, 3.8) is 0 Å². The summed E-state index contributed by atoms with van der Waals surface area (Å²) in [7, 11) is 0. The Hall–Kier alpha value is -1.77. The normalized spacial score (nSPS) is 13.7. The van der Waals surface area contributed by atoms with Crippen molar-refractivity contribution in [3.05, 3.63) is 40.2 Å². The van der Waals surface area contributed by atoms with Crippen molar-refractivity contribution in [1.29, 1.82) is 0 Å². The van der Waals surface area contributed by atoms with Gasteiger partial charge in [0.2, 0.25) is 11.7 Å². The van der Waals surface area contributed by atoms with Crippen molar-refractivity contribution >= 4 is 44.7 Å². The monoisotopic (exact) mass is 372 g/mol. The van der Waals surface area contributed by atoms with Crippen LogP contribution < -0.4 is 0 Å². The number of thioether (sulfide) groups is 1. The van der Waals surface area contributed by atoms with Gasteiger partial charge in [-0.15, -0.1) is 22.7 Å². The molecule has 4 aromatic heterocycles. The van der Waals surface area contributed by atoms with Crippen LogP contribution in [0, 0.1) is 0 Å². The van der Waals surface area contributed by atoms with Crippen LogP contribution in [0.25, 0.3) is 20.9 Å². The second kappa shape index (κ2) is 5.94. The molecule has 5 nitrogen and oxygen atoms in total. The molecule has 0 unspecified atom stereocenters. The van der Waals surface area contributed by atoms with E-state index in [4.69, 9.17) is 4.52 Å². The standard InChI is InChI=1S/C16H12N4OS3/c1-3-9-10(4-1)24-16-13(9)15(17-8-18-16)23-7-12-19-14(20-21-12)11-5-2-6-22-11/h2,5-6,8H,1,3-4,7H2. The Balaban J connectivity index is 1.42. The maximum Gasteiger partial charge on any atom is 0.237 e. The third-order valence-corrected chi connectivity index (χ3v) is 7.05. The quantitative estimate of drug-likeness (QED) is 0.386. The first-order chi connectivity index (χ1) is 11.9. The van der Waals surface area contributed by atoms with E-state index in [0.717, 1.165) is 21.2 Å². The van der Waals surface area contributed by atoms with Gasteiger partial charge in [0, 0.05) is 10.3 Å². The van der Waals surface area contributed by atoms with E-state index in [2.05, 4.69) is 20.1 Å². The molecule has 8 heteroatoms. The number of aryl methyl sites for hydroxylation is 2. The first kappa shape index (κ1) is 14.6. The molecule has 0 fully saturated rings. The lowest BCUT2D eigenvalue weighted by Gasteiger charge is -2.01. The fraction of sp³-hybridized carbons (Fsp3) is 0.250. The predicted octanol–water partition coefficient (Wildman–Crippen LogP) is 4.58. The van der Waals surface area contributed by atoms with Crippen molar-refractivity contribution < 1.29 is 4.52 Å². The molecular weight excluding hydrogens is 360 g/mol. The molecule has 0 radical (unpaired) electrons. The minimum absolute atomic E-state index is 0.620. The highest BCUT2D eigenvalue weighted by molar-refractivity contribution is 7.98. The summed E-state index contributed by atoms with van der Waals surface area (Å²) in [6, 6.07) is 3.98. The first-order valence-electron chi connectivity index (χ1n) is 7.63. The lowest BCUT2D eigenvalue weighted by molar-refractivity contribution is 0.392. The number of thiophene rings is 2. The SMILES string of the molecule is c1csc(-c2noc(CSc3ncnc4sc5c(c34)CCC5)n2)c1. The van der Waals surface area contributed by atoms with E-state index in [0.29, 0.717) is 17.5 Å². The summed E-state index contributed by atoms with van der Waals surface area (Å²) < 4.78 is 5.38. The van der Waals surface area contributed by atoms with Crippen LogP contribution in [-0.4, -0.2) is 20.1 Å². The summed E-state index contributed by atoms with van der Waals surface area (Å²) in [6.07, 6.45) is 5.21. The van der Waals surface area contributed by atoms with Gasteiger partial charge >= 0.3 is 0 Å². The van der Waals surface area contributed by atoms with Crippen LogP contribution in [0.4, 0.5) is 0 Å². The Morgan fingerprint density at radius 1 is 1.25 bits per heavy atom.